The Hall–Kier alpha value is -0.250. The summed E-state index contributed by atoms with van der Waals surface area (Å²) in [6, 6.07) is 5.58. The minimum Gasteiger partial charge on any atom is -0.392 e. The molecule has 0 aromatic heterocycles. The maximum absolute atomic E-state index is 9.04. The number of anilines is 1. The van der Waals surface area contributed by atoms with E-state index in [9.17, 15) is 0 Å². The first kappa shape index (κ1) is 10.8. The topological polar surface area (TPSA) is 32.3 Å². The maximum Gasteiger partial charge on any atom is 0.0684 e. The molecule has 4 heteroatoms. The highest BCUT2D eigenvalue weighted by Gasteiger charge is 2.01. The Bertz CT molecular complexity index is 291. The molecule has 0 aliphatic rings. The average molecular weight is 265 g/mol. The molecule has 72 valence electrons. The van der Waals surface area contributed by atoms with Crippen molar-refractivity contribution in [3.8, 4) is 0 Å². The van der Waals surface area contributed by atoms with Crippen LogP contribution in [-0.4, -0.2) is 17.8 Å². The summed E-state index contributed by atoms with van der Waals surface area (Å²) in [4.78, 5) is 0. The van der Waals surface area contributed by atoms with Crippen LogP contribution in [0.4, 0.5) is 5.69 Å². The van der Waals surface area contributed by atoms with Gasteiger partial charge in [-0.2, -0.15) is 0 Å². The van der Waals surface area contributed by atoms with Gasteiger partial charge in [0.05, 0.1) is 16.8 Å². The number of rotatable bonds is 3. The third-order valence-electron chi connectivity index (χ3n) is 1.52. The van der Waals surface area contributed by atoms with E-state index in [0.29, 0.717) is 11.6 Å². The highest BCUT2D eigenvalue weighted by Crippen LogP contribution is 2.25. The number of aliphatic hydroxyl groups excluding tert-OH is 1. The van der Waals surface area contributed by atoms with Gasteiger partial charge in [0.1, 0.15) is 0 Å². The van der Waals surface area contributed by atoms with Gasteiger partial charge in [0.2, 0.25) is 0 Å². The van der Waals surface area contributed by atoms with Crippen molar-refractivity contribution in [1.29, 1.82) is 0 Å². The number of benzene rings is 1. The second kappa shape index (κ2) is 4.84. The van der Waals surface area contributed by atoms with Gasteiger partial charge in [-0.1, -0.05) is 27.5 Å². The molecule has 0 aliphatic heterocycles. The van der Waals surface area contributed by atoms with E-state index in [2.05, 4.69) is 21.2 Å². The van der Waals surface area contributed by atoms with Crippen molar-refractivity contribution in [2.45, 2.75) is 13.0 Å². The molecule has 0 bridgehead atoms. The number of nitrogens with one attached hydrogen (secondary N) is 1. The van der Waals surface area contributed by atoms with Gasteiger partial charge in [-0.3, -0.25) is 0 Å². The molecule has 1 aromatic carbocycles. The second-order valence-electron chi connectivity index (χ2n) is 2.85. The normalized spacial score (nSPS) is 12.6. The molecule has 0 saturated carbocycles. The van der Waals surface area contributed by atoms with E-state index >= 15 is 0 Å². The van der Waals surface area contributed by atoms with Crippen molar-refractivity contribution < 1.29 is 5.11 Å². The zero-order valence-electron chi connectivity index (χ0n) is 7.22. The monoisotopic (exact) mass is 263 g/mol. The highest BCUT2D eigenvalue weighted by molar-refractivity contribution is 9.10. The van der Waals surface area contributed by atoms with Gasteiger partial charge < -0.3 is 10.4 Å². The average Bonchev–Trinajstić information content (AvgIpc) is 2.02. The standard InChI is InChI=1S/C9H11BrClNO/c1-6(13)5-12-9-3-2-7(10)4-8(9)11/h2-4,6,12-13H,5H2,1H3. The van der Waals surface area contributed by atoms with Gasteiger partial charge in [0.15, 0.2) is 0 Å². The first-order valence-electron chi connectivity index (χ1n) is 3.96. The fraction of sp³-hybridized carbons (Fsp3) is 0.333. The molecule has 2 nitrogen and oxygen atoms in total. The van der Waals surface area contributed by atoms with E-state index in [-0.39, 0.29) is 6.10 Å². The van der Waals surface area contributed by atoms with Crippen molar-refractivity contribution >= 4 is 33.2 Å². The summed E-state index contributed by atoms with van der Waals surface area (Å²) in [5, 5.41) is 12.7. The van der Waals surface area contributed by atoms with E-state index in [0.717, 1.165) is 10.2 Å². The minimum atomic E-state index is -0.375. The van der Waals surface area contributed by atoms with E-state index in [1.54, 1.807) is 6.92 Å². The predicted molar refractivity (Wildman–Crippen MR) is 59.3 cm³/mol. The van der Waals surface area contributed by atoms with E-state index in [1.165, 1.54) is 0 Å². The largest absolute Gasteiger partial charge is 0.392 e. The van der Waals surface area contributed by atoms with Crippen LogP contribution < -0.4 is 5.32 Å². The lowest BCUT2D eigenvalue weighted by Gasteiger charge is -2.09. The van der Waals surface area contributed by atoms with Crippen LogP contribution in [0.25, 0.3) is 0 Å². The Morgan fingerprint density at radius 1 is 1.62 bits per heavy atom. The third kappa shape index (κ3) is 3.55. The van der Waals surface area contributed by atoms with Crippen LogP contribution in [0.15, 0.2) is 22.7 Å². The Balaban J connectivity index is 2.67. The van der Waals surface area contributed by atoms with Crippen LogP contribution >= 0.6 is 27.5 Å². The molecule has 0 fully saturated rings. The summed E-state index contributed by atoms with van der Waals surface area (Å²) in [6.45, 7) is 2.22. The molecule has 1 unspecified atom stereocenters. The van der Waals surface area contributed by atoms with E-state index in [4.69, 9.17) is 16.7 Å². The van der Waals surface area contributed by atoms with Gasteiger partial charge >= 0.3 is 0 Å². The Kier molecular flexibility index (Phi) is 4.03. The quantitative estimate of drug-likeness (QED) is 0.880. The fourth-order valence-electron chi connectivity index (χ4n) is 0.891. The van der Waals surface area contributed by atoms with Gasteiger partial charge in [-0.15, -0.1) is 0 Å². The molecule has 0 heterocycles. The first-order valence-corrected chi connectivity index (χ1v) is 5.13. The fourth-order valence-corrected chi connectivity index (χ4v) is 1.63. The van der Waals surface area contributed by atoms with E-state index in [1.807, 2.05) is 18.2 Å². The lowest BCUT2D eigenvalue weighted by atomic mass is 10.3. The lowest BCUT2D eigenvalue weighted by molar-refractivity contribution is 0.208. The van der Waals surface area contributed by atoms with Crippen LogP contribution in [-0.2, 0) is 0 Å². The van der Waals surface area contributed by atoms with Crippen LogP contribution in [0.3, 0.4) is 0 Å². The van der Waals surface area contributed by atoms with Crippen molar-refractivity contribution in [3.63, 3.8) is 0 Å². The zero-order valence-corrected chi connectivity index (χ0v) is 9.56. The van der Waals surface area contributed by atoms with Crippen LogP contribution in [0.5, 0.6) is 0 Å². The molecule has 13 heavy (non-hydrogen) atoms. The first-order chi connectivity index (χ1) is 6.09. The molecule has 1 rings (SSSR count). The SMILES string of the molecule is CC(O)CNc1ccc(Br)cc1Cl. The van der Waals surface area contributed by atoms with Crippen LogP contribution in [0.2, 0.25) is 5.02 Å². The van der Waals surface area contributed by atoms with Gasteiger partial charge in [0, 0.05) is 11.0 Å². The molecule has 1 atom stereocenters. The Labute approximate surface area is 91.0 Å². The highest BCUT2D eigenvalue weighted by atomic mass is 79.9. The smallest absolute Gasteiger partial charge is 0.0684 e. The summed E-state index contributed by atoms with van der Waals surface area (Å²) in [5.41, 5.74) is 0.839. The van der Waals surface area contributed by atoms with Crippen molar-refractivity contribution in [2.75, 3.05) is 11.9 Å². The third-order valence-corrected chi connectivity index (χ3v) is 2.33. The number of hydrogen-bond donors (Lipinski definition) is 2. The Morgan fingerprint density at radius 3 is 2.85 bits per heavy atom. The van der Waals surface area contributed by atoms with Crippen LogP contribution in [0, 0.1) is 0 Å². The molecule has 1 aromatic rings. The summed E-state index contributed by atoms with van der Waals surface area (Å²) < 4.78 is 0.945. The van der Waals surface area contributed by atoms with Gasteiger partial charge in [-0.05, 0) is 25.1 Å². The predicted octanol–water partition coefficient (Wildman–Crippen LogP) is 2.90. The molecule has 2 N–H and O–H groups in total. The van der Waals surface area contributed by atoms with E-state index < -0.39 is 0 Å². The summed E-state index contributed by atoms with van der Waals surface area (Å²) >= 11 is 9.25. The maximum atomic E-state index is 9.04. The molecular formula is C9H11BrClNO. The zero-order chi connectivity index (χ0) is 9.84. The van der Waals surface area contributed by atoms with Crippen molar-refractivity contribution in [3.05, 3.63) is 27.7 Å². The molecule has 0 spiro atoms. The minimum absolute atomic E-state index is 0.375. The van der Waals surface area contributed by atoms with Gasteiger partial charge in [0.25, 0.3) is 0 Å². The molecule has 0 aliphatic carbocycles. The van der Waals surface area contributed by atoms with Crippen molar-refractivity contribution in [2.24, 2.45) is 0 Å². The second-order valence-corrected chi connectivity index (χ2v) is 4.18. The molecular weight excluding hydrogens is 253 g/mol. The molecule has 0 radical (unpaired) electrons. The molecule has 0 amide bonds. The van der Waals surface area contributed by atoms with Crippen LogP contribution in [0.1, 0.15) is 6.92 Å². The Morgan fingerprint density at radius 2 is 2.31 bits per heavy atom. The van der Waals surface area contributed by atoms with Gasteiger partial charge in [-0.25, -0.2) is 0 Å². The lowest BCUT2D eigenvalue weighted by Crippen LogP contribution is -2.15. The number of aliphatic hydroxyl groups is 1. The number of hydrogen-bond acceptors (Lipinski definition) is 2. The summed E-state index contributed by atoms with van der Waals surface area (Å²) in [5.74, 6) is 0. The molecule has 0 saturated heterocycles. The summed E-state index contributed by atoms with van der Waals surface area (Å²) in [6.07, 6.45) is -0.375. The number of halogens is 2. The summed E-state index contributed by atoms with van der Waals surface area (Å²) in [7, 11) is 0. The van der Waals surface area contributed by atoms with Crippen molar-refractivity contribution in [1.82, 2.24) is 0 Å².